The number of aldehydes is 1. The summed E-state index contributed by atoms with van der Waals surface area (Å²) in [7, 11) is -1.80. The molecule has 0 bridgehead atoms. The third-order valence-corrected chi connectivity index (χ3v) is 12.2. The van der Waals surface area contributed by atoms with Crippen LogP contribution in [0.4, 0.5) is 0 Å². The Labute approximate surface area is 243 Å². The number of aromatic nitrogens is 3. The fourth-order valence-electron chi connectivity index (χ4n) is 4.18. The molecule has 0 N–H and O–H groups in total. The molecule has 5 rings (SSSR count). The molecule has 5 aromatic rings. The highest BCUT2D eigenvalue weighted by molar-refractivity contribution is 6.74. The zero-order valence-corrected chi connectivity index (χ0v) is 25.3. The van der Waals surface area contributed by atoms with Crippen molar-refractivity contribution in [2.45, 2.75) is 45.5 Å². The predicted molar refractivity (Wildman–Crippen MR) is 169 cm³/mol. The average Bonchev–Trinajstić information content (AvgIpc) is 3.00. The highest BCUT2D eigenvalue weighted by Crippen LogP contribution is 2.37. The Kier molecular flexibility index (Phi) is 8.06. The lowest BCUT2D eigenvalue weighted by Crippen LogP contribution is -2.40. The third kappa shape index (κ3) is 6.56. The Hall–Kier alpha value is -4.26. The van der Waals surface area contributed by atoms with E-state index in [-0.39, 0.29) is 5.04 Å². The maximum absolute atomic E-state index is 11.0. The smallest absolute Gasteiger partial charge is 0.192 e. The van der Waals surface area contributed by atoms with Crippen molar-refractivity contribution in [1.82, 2.24) is 15.0 Å². The van der Waals surface area contributed by atoms with E-state index in [1.165, 1.54) is 5.56 Å². The fraction of sp³-hybridized carbons (Fsp3) is 0.200. The van der Waals surface area contributed by atoms with Gasteiger partial charge in [0.15, 0.2) is 8.32 Å². The van der Waals surface area contributed by atoms with E-state index in [9.17, 15) is 4.79 Å². The van der Waals surface area contributed by atoms with E-state index in [0.29, 0.717) is 12.2 Å². The first-order chi connectivity index (χ1) is 19.6. The standard InChI is InChI=1S/C35H35N3O2Si/c1-35(2,3)41(4,5)40-24-26-17-21-28(22-18-26)30-10-7-12-32(37-30)34-14-8-13-33(38-34)31-11-6-9-29(36-31)27-19-15-25(23-39)16-20-27/h6-23H,24H2,1-5H3. The molecule has 0 spiro atoms. The monoisotopic (exact) mass is 557 g/mol. The average molecular weight is 558 g/mol. The highest BCUT2D eigenvalue weighted by atomic mass is 28.4. The second kappa shape index (κ2) is 11.7. The second-order valence-electron chi connectivity index (χ2n) is 11.7. The summed E-state index contributed by atoms with van der Waals surface area (Å²) >= 11 is 0. The number of hydrogen-bond donors (Lipinski definition) is 0. The Morgan fingerprint density at radius 2 is 1.00 bits per heavy atom. The number of benzene rings is 2. The zero-order valence-electron chi connectivity index (χ0n) is 24.3. The first kappa shape index (κ1) is 28.3. The molecule has 0 saturated carbocycles. The minimum atomic E-state index is -1.80. The van der Waals surface area contributed by atoms with Gasteiger partial charge in [0.05, 0.1) is 40.8 Å². The largest absolute Gasteiger partial charge is 0.413 e. The number of carbonyl (C=O) groups is 1. The zero-order chi connectivity index (χ0) is 29.0. The fourth-order valence-corrected chi connectivity index (χ4v) is 5.14. The predicted octanol–water partition coefficient (Wildman–Crippen LogP) is 8.87. The van der Waals surface area contributed by atoms with E-state index >= 15 is 0 Å². The molecule has 0 saturated heterocycles. The number of nitrogens with zero attached hydrogens (tertiary/aromatic N) is 3. The van der Waals surface area contributed by atoms with Gasteiger partial charge in [0.1, 0.15) is 6.29 Å². The number of rotatable bonds is 8. The van der Waals surface area contributed by atoms with Gasteiger partial charge in [0.25, 0.3) is 0 Å². The molecular formula is C35H35N3O2Si. The van der Waals surface area contributed by atoms with Crippen molar-refractivity contribution in [3.05, 3.63) is 114 Å². The van der Waals surface area contributed by atoms with Gasteiger partial charge in [-0.15, -0.1) is 0 Å². The molecule has 2 aromatic carbocycles. The van der Waals surface area contributed by atoms with Crippen LogP contribution in [0.1, 0.15) is 36.7 Å². The number of pyridine rings is 3. The van der Waals surface area contributed by atoms with Gasteiger partial charge in [-0.1, -0.05) is 87.5 Å². The molecule has 0 fully saturated rings. The Balaban J connectivity index is 1.35. The highest BCUT2D eigenvalue weighted by Gasteiger charge is 2.37. The molecule has 5 nitrogen and oxygen atoms in total. The molecule has 3 aromatic heterocycles. The molecule has 0 amide bonds. The lowest BCUT2D eigenvalue weighted by Gasteiger charge is -2.36. The van der Waals surface area contributed by atoms with Crippen molar-refractivity contribution in [1.29, 1.82) is 0 Å². The van der Waals surface area contributed by atoms with Crippen LogP contribution in [0.2, 0.25) is 18.1 Å². The molecule has 0 radical (unpaired) electrons. The van der Waals surface area contributed by atoms with Crippen LogP contribution >= 0.6 is 0 Å². The van der Waals surface area contributed by atoms with Crippen LogP contribution in [0.3, 0.4) is 0 Å². The summed E-state index contributed by atoms with van der Waals surface area (Å²) in [6.45, 7) is 12.0. The van der Waals surface area contributed by atoms with Crippen LogP contribution in [0.5, 0.6) is 0 Å². The van der Waals surface area contributed by atoms with Crippen molar-refractivity contribution >= 4 is 14.6 Å². The van der Waals surface area contributed by atoms with Crippen LogP contribution < -0.4 is 0 Å². The molecule has 0 unspecified atom stereocenters. The van der Waals surface area contributed by atoms with Crippen LogP contribution in [0.15, 0.2) is 103 Å². The number of carbonyl (C=O) groups excluding carboxylic acids is 1. The van der Waals surface area contributed by atoms with Gasteiger partial charge in [-0.25, -0.2) is 15.0 Å². The Morgan fingerprint density at radius 3 is 1.41 bits per heavy atom. The lowest BCUT2D eigenvalue weighted by atomic mass is 10.1. The van der Waals surface area contributed by atoms with Crippen molar-refractivity contribution in [2.75, 3.05) is 0 Å². The second-order valence-corrected chi connectivity index (χ2v) is 16.5. The third-order valence-electron chi connectivity index (χ3n) is 7.77. The molecular weight excluding hydrogens is 522 g/mol. The van der Waals surface area contributed by atoms with Gasteiger partial charge >= 0.3 is 0 Å². The van der Waals surface area contributed by atoms with Gasteiger partial charge in [0.2, 0.25) is 0 Å². The molecule has 6 heteroatoms. The maximum atomic E-state index is 11.0. The van der Waals surface area contributed by atoms with E-state index in [1.54, 1.807) is 12.1 Å². The van der Waals surface area contributed by atoms with Crippen LogP contribution in [-0.2, 0) is 11.0 Å². The normalized spacial score (nSPS) is 11.8. The summed E-state index contributed by atoms with van der Waals surface area (Å²) in [6.07, 6.45) is 0.840. The van der Waals surface area contributed by atoms with Crippen molar-refractivity contribution in [3.8, 4) is 45.3 Å². The molecule has 0 aliphatic carbocycles. The maximum Gasteiger partial charge on any atom is 0.192 e. The SMILES string of the molecule is CC(C)(C)[Si](C)(C)OCc1ccc(-c2cccc(-c3cccc(-c4cccc(-c5ccc(C=O)cc5)n4)n3)n2)cc1. The molecule has 3 heterocycles. The summed E-state index contributed by atoms with van der Waals surface area (Å²) in [5, 5.41) is 0.186. The van der Waals surface area contributed by atoms with Gasteiger partial charge < -0.3 is 4.43 Å². The molecule has 0 atom stereocenters. The van der Waals surface area contributed by atoms with E-state index < -0.39 is 8.32 Å². The van der Waals surface area contributed by atoms with Gasteiger partial charge in [-0.3, -0.25) is 4.79 Å². The minimum absolute atomic E-state index is 0.186. The summed E-state index contributed by atoms with van der Waals surface area (Å²) < 4.78 is 6.39. The first-order valence-corrected chi connectivity index (χ1v) is 16.7. The molecule has 41 heavy (non-hydrogen) atoms. The van der Waals surface area contributed by atoms with Crippen LogP contribution in [0.25, 0.3) is 45.3 Å². The van der Waals surface area contributed by atoms with Crippen LogP contribution in [0, 0.1) is 0 Å². The molecule has 206 valence electrons. The van der Waals surface area contributed by atoms with Gasteiger partial charge in [-0.2, -0.15) is 0 Å². The lowest BCUT2D eigenvalue weighted by molar-refractivity contribution is 0.112. The molecule has 0 aliphatic rings. The summed E-state index contributed by atoms with van der Waals surface area (Å²) in [5.41, 5.74) is 8.65. The van der Waals surface area contributed by atoms with Gasteiger partial charge in [0, 0.05) is 16.7 Å². The van der Waals surface area contributed by atoms with Crippen molar-refractivity contribution < 1.29 is 9.22 Å². The summed E-state index contributed by atoms with van der Waals surface area (Å²) in [5.74, 6) is 0. The van der Waals surface area contributed by atoms with E-state index in [2.05, 4.69) is 58.1 Å². The Bertz CT molecular complexity index is 1660. The first-order valence-electron chi connectivity index (χ1n) is 13.8. The Morgan fingerprint density at radius 1 is 0.610 bits per heavy atom. The molecule has 0 aliphatic heterocycles. The van der Waals surface area contributed by atoms with E-state index in [4.69, 9.17) is 19.4 Å². The van der Waals surface area contributed by atoms with Crippen LogP contribution in [-0.4, -0.2) is 29.6 Å². The number of hydrogen-bond acceptors (Lipinski definition) is 5. The van der Waals surface area contributed by atoms with E-state index in [1.807, 2.05) is 66.7 Å². The van der Waals surface area contributed by atoms with E-state index in [0.717, 1.165) is 51.6 Å². The van der Waals surface area contributed by atoms with Gasteiger partial charge in [-0.05, 0) is 60.1 Å². The van der Waals surface area contributed by atoms with Crippen molar-refractivity contribution in [3.63, 3.8) is 0 Å². The topological polar surface area (TPSA) is 65.0 Å². The minimum Gasteiger partial charge on any atom is -0.413 e. The summed E-state index contributed by atoms with van der Waals surface area (Å²) in [6, 6.07) is 33.7. The summed E-state index contributed by atoms with van der Waals surface area (Å²) in [4.78, 5) is 25.7. The van der Waals surface area contributed by atoms with Crippen molar-refractivity contribution in [2.24, 2.45) is 0 Å². The quantitative estimate of drug-likeness (QED) is 0.141.